The number of carboxylic acid groups (broad SMARTS) is 1. The van der Waals surface area contributed by atoms with Crippen molar-refractivity contribution in [1.29, 1.82) is 0 Å². The summed E-state index contributed by atoms with van der Waals surface area (Å²) < 4.78 is 5.76. The summed E-state index contributed by atoms with van der Waals surface area (Å²) in [5.74, 6) is -1.25. The Labute approximate surface area is 146 Å². The molecule has 0 aliphatic carbocycles. The number of carboxylic acids is 1. The lowest BCUT2D eigenvalue weighted by Gasteiger charge is -2.18. The lowest BCUT2D eigenvalue weighted by Crippen LogP contribution is -2.36. The maximum absolute atomic E-state index is 12.3. The summed E-state index contributed by atoms with van der Waals surface area (Å²) in [6.07, 6.45) is 0. The van der Waals surface area contributed by atoms with Gasteiger partial charge in [0.15, 0.2) is 6.04 Å². The van der Waals surface area contributed by atoms with Crippen LogP contribution in [0.2, 0.25) is 0 Å². The highest BCUT2D eigenvalue weighted by molar-refractivity contribution is 9.10. The van der Waals surface area contributed by atoms with Gasteiger partial charge in [0.25, 0.3) is 0 Å². The molecule has 122 valence electrons. The van der Waals surface area contributed by atoms with Crippen molar-refractivity contribution in [2.45, 2.75) is 18.9 Å². The van der Waals surface area contributed by atoms with Gasteiger partial charge in [-0.2, -0.15) is 0 Å². The molecule has 1 heterocycles. The predicted molar refractivity (Wildman–Crippen MR) is 91.9 cm³/mol. The molecule has 1 amide bonds. The van der Waals surface area contributed by atoms with E-state index in [4.69, 9.17) is 4.74 Å². The van der Waals surface area contributed by atoms with Gasteiger partial charge >= 0.3 is 5.97 Å². The molecule has 0 bridgehead atoms. The van der Waals surface area contributed by atoms with Crippen molar-refractivity contribution < 1.29 is 19.4 Å². The molecule has 2 N–H and O–H groups in total. The molecule has 5 nitrogen and oxygen atoms in total. The smallest absolute Gasteiger partial charge is 0.330 e. The van der Waals surface area contributed by atoms with Crippen LogP contribution >= 0.6 is 27.3 Å². The van der Waals surface area contributed by atoms with Gasteiger partial charge in [-0.05, 0) is 52.0 Å². The molecule has 0 fully saturated rings. The van der Waals surface area contributed by atoms with Crippen molar-refractivity contribution in [2.75, 3.05) is 7.11 Å². The van der Waals surface area contributed by atoms with Crippen LogP contribution in [-0.4, -0.2) is 24.1 Å². The molecule has 0 aliphatic heterocycles. The Kier molecular flexibility index (Phi) is 5.79. The van der Waals surface area contributed by atoms with E-state index in [1.165, 1.54) is 18.4 Å². The SMILES string of the molecule is COc1ccc(C(NC(=O)C(C)c2cccs2)C(=O)O)cc1Br. The zero-order valence-corrected chi connectivity index (χ0v) is 15.0. The standard InChI is InChI=1S/C16H16BrNO4S/c1-9(13-4-3-7-23-13)15(19)18-14(16(20)21)10-5-6-12(22-2)11(17)8-10/h3-9,14H,1-2H3,(H,18,19)(H,20,21). The van der Waals surface area contributed by atoms with Crippen LogP contribution in [-0.2, 0) is 9.59 Å². The molecular formula is C16H16BrNO4S. The second-order valence-corrected chi connectivity index (χ2v) is 6.74. The molecule has 0 radical (unpaired) electrons. The number of benzene rings is 1. The number of carbonyl (C=O) groups is 2. The van der Waals surface area contributed by atoms with E-state index >= 15 is 0 Å². The minimum atomic E-state index is -1.12. The van der Waals surface area contributed by atoms with Gasteiger partial charge in [-0.3, -0.25) is 4.79 Å². The topological polar surface area (TPSA) is 75.6 Å². The third kappa shape index (κ3) is 4.11. The molecule has 2 rings (SSSR count). The highest BCUT2D eigenvalue weighted by Gasteiger charge is 2.26. The first-order valence-electron chi connectivity index (χ1n) is 6.84. The van der Waals surface area contributed by atoms with Crippen molar-refractivity contribution >= 4 is 39.1 Å². The fourth-order valence-electron chi connectivity index (χ4n) is 2.08. The Morgan fingerprint density at radius 1 is 1.35 bits per heavy atom. The van der Waals surface area contributed by atoms with Crippen molar-refractivity contribution in [2.24, 2.45) is 0 Å². The summed E-state index contributed by atoms with van der Waals surface area (Å²) in [6.45, 7) is 1.75. The fourth-order valence-corrected chi connectivity index (χ4v) is 3.42. The highest BCUT2D eigenvalue weighted by atomic mass is 79.9. The first kappa shape index (κ1) is 17.5. The molecule has 1 aromatic heterocycles. The van der Waals surface area contributed by atoms with Crippen LogP contribution in [0, 0.1) is 0 Å². The van der Waals surface area contributed by atoms with Crippen molar-refractivity contribution in [3.63, 3.8) is 0 Å². The predicted octanol–water partition coefficient (Wildman–Crippen LogP) is 3.56. The molecule has 2 atom stereocenters. The van der Waals surface area contributed by atoms with Gasteiger partial charge in [0.1, 0.15) is 5.75 Å². The van der Waals surface area contributed by atoms with Gasteiger partial charge < -0.3 is 15.2 Å². The molecule has 0 saturated carbocycles. The maximum atomic E-state index is 12.3. The number of aliphatic carboxylic acids is 1. The number of nitrogens with one attached hydrogen (secondary N) is 1. The molecule has 0 saturated heterocycles. The molecule has 7 heteroatoms. The van der Waals surface area contributed by atoms with Crippen LogP contribution in [0.3, 0.4) is 0 Å². The number of ether oxygens (including phenoxy) is 1. The Bertz CT molecular complexity index is 702. The minimum Gasteiger partial charge on any atom is -0.496 e. The van der Waals surface area contributed by atoms with Crippen LogP contribution in [0.4, 0.5) is 0 Å². The lowest BCUT2D eigenvalue weighted by atomic mass is 10.0. The Morgan fingerprint density at radius 3 is 2.61 bits per heavy atom. The molecule has 2 aromatic rings. The average molecular weight is 398 g/mol. The first-order chi connectivity index (χ1) is 10.9. The van der Waals surface area contributed by atoms with Crippen LogP contribution < -0.4 is 10.1 Å². The normalized spacial score (nSPS) is 13.2. The Balaban J connectivity index is 2.20. The van der Waals surface area contributed by atoms with E-state index in [0.717, 1.165) is 4.88 Å². The first-order valence-corrected chi connectivity index (χ1v) is 8.51. The van der Waals surface area contributed by atoms with E-state index in [-0.39, 0.29) is 5.91 Å². The average Bonchev–Trinajstić information content (AvgIpc) is 3.05. The zero-order valence-electron chi connectivity index (χ0n) is 12.6. The Hall–Kier alpha value is -1.86. The molecular weight excluding hydrogens is 382 g/mol. The summed E-state index contributed by atoms with van der Waals surface area (Å²) in [5, 5.41) is 13.9. The third-order valence-electron chi connectivity index (χ3n) is 3.41. The number of thiophene rings is 1. The number of methoxy groups -OCH3 is 1. The van der Waals surface area contributed by atoms with Crippen LogP contribution in [0.5, 0.6) is 5.75 Å². The number of hydrogen-bond acceptors (Lipinski definition) is 4. The maximum Gasteiger partial charge on any atom is 0.330 e. The van der Waals surface area contributed by atoms with Gasteiger partial charge in [-0.15, -0.1) is 11.3 Å². The monoisotopic (exact) mass is 397 g/mol. The molecule has 1 aromatic carbocycles. The number of rotatable bonds is 6. The Morgan fingerprint density at radius 2 is 2.09 bits per heavy atom. The van der Waals surface area contributed by atoms with E-state index in [1.807, 2.05) is 17.5 Å². The van der Waals surface area contributed by atoms with Gasteiger partial charge in [0.2, 0.25) is 5.91 Å². The van der Waals surface area contributed by atoms with Crippen LogP contribution in [0.25, 0.3) is 0 Å². The van der Waals surface area contributed by atoms with Crippen LogP contribution in [0.15, 0.2) is 40.2 Å². The number of hydrogen-bond donors (Lipinski definition) is 2. The summed E-state index contributed by atoms with van der Waals surface area (Å²) in [6, 6.07) is 7.51. The van der Waals surface area contributed by atoms with Crippen molar-refractivity contribution in [1.82, 2.24) is 5.32 Å². The molecule has 0 spiro atoms. The van der Waals surface area contributed by atoms with Gasteiger partial charge in [-0.25, -0.2) is 4.79 Å². The largest absolute Gasteiger partial charge is 0.496 e. The summed E-state index contributed by atoms with van der Waals surface area (Å²) in [4.78, 5) is 24.8. The second kappa shape index (κ2) is 7.61. The van der Waals surface area contributed by atoms with Crippen molar-refractivity contribution in [3.8, 4) is 5.75 Å². The lowest BCUT2D eigenvalue weighted by molar-refractivity contribution is -0.142. The van der Waals surface area contributed by atoms with Gasteiger partial charge in [0, 0.05) is 4.88 Å². The van der Waals surface area contributed by atoms with E-state index in [2.05, 4.69) is 21.2 Å². The van der Waals surface area contributed by atoms with E-state index < -0.39 is 17.9 Å². The number of amides is 1. The summed E-state index contributed by atoms with van der Waals surface area (Å²) in [7, 11) is 1.53. The minimum absolute atomic E-state index is 0.327. The summed E-state index contributed by atoms with van der Waals surface area (Å²) >= 11 is 4.79. The van der Waals surface area contributed by atoms with E-state index in [9.17, 15) is 14.7 Å². The van der Waals surface area contributed by atoms with Gasteiger partial charge in [0.05, 0.1) is 17.5 Å². The quantitative estimate of drug-likeness (QED) is 0.780. The molecule has 23 heavy (non-hydrogen) atoms. The highest BCUT2D eigenvalue weighted by Crippen LogP contribution is 2.29. The second-order valence-electron chi connectivity index (χ2n) is 4.91. The zero-order chi connectivity index (χ0) is 17.0. The number of carbonyl (C=O) groups excluding carboxylic acids is 1. The molecule has 2 unspecified atom stereocenters. The van der Waals surface area contributed by atoms with Crippen molar-refractivity contribution in [3.05, 3.63) is 50.6 Å². The summed E-state index contributed by atoms with van der Waals surface area (Å²) in [5.41, 5.74) is 0.469. The number of halogens is 1. The fraction of sp³-hybridized carbons (Fsp3) is 0.250. The van der Waals surface area contributed by atoms with Crippen LogP contribution in [0.1, 0.15) is 29.3 Å². The molecule has 0 aliphatic rings. The van der Waals surface area contributed by atoms with E-state index in [1.54, 1.807) is 25.1 Å². The van der Waals surface area contributed by atoms with Gasteiger partial charge in [-0.1, -0.05) is 12.1 Å². The van der Waals surface area contributed by atoms with E-state index in [0.29, 0.717) is 15.8 Å². The third-order valence-corrected chi connectivity index (χ3v) is 5.08.